The van der Waals surface area contributed by atoms with Crippen LogP contribution in [-0.4, -0.2) is 37.0 Å². The number of ether oxygens (including phenoxy) is 1. The Morgan fingerprint density at radius 1 is 0.957 bits per heavy atom. The standard InChI is InChI=1S/C18H19FN2O2/c19-15-4-8-17(9-5-15)23-16-6-2-14(3-7-16)18(22)21-12-1-10-20-11-13-21/h2-9,20H,1,10-13H2. The second-order valence-corrected chi connectivity index (χ2v) is 5.48. The monoisotopic (exact) mass is 314 g/mol. The summed E-state index contributed by atoms with van der Waals surface area (Å²) in [4.78, 5) is 14.3. The summed E-state index contributed by atoms with van der Waals surface area (Å²) in [6, 6.07) is 12.9. The van der Waals surface area contributed by atoms with Crippen LogP contribution in [0.4, 0.5) is 4.39 Å². The maximum atomic E-state index is 12.9. The molecule has 23 heavy (non-hydrogen) atoms. The smallest absolute Gasteiger partial charge is 0.253 e. The van der Waals surface area contributed by atoms with Gasteiger partial charge >= 0.3 is 0 Å². The molecule has 3 rings (SSSR count). The van der Waals surface area contributed by atoms with Crippen LogP contribution in [0, 0.1) is 5.82 Å². The van der Waals surface area contributed by atoms with Gasteiger partial charge in [0.15, 0.2) is 0 Å². The molecule has 0 saturated carbocycles. The van der Waals surface area contributed by atoms with Gasteiger partial charge in [-0.05, 0) is 61.5 Å². The lowest BCUT2D eigenvalue weighted by Gasteiger charge is -2.20. The average Bonchev–Trinajstić information content (AvgIpc) is 2.86. The van der Waals surface area contributed by atoms with Crippen LogP contribution in [0.5, 0.6) is 11.5 Å². The van der Waals surface area contributed by atoms with Gasteiger partial charge in [-0.1, -0.05) is 0 Å². The van der Waals surface area contributed by atoms with Gasteiger partial charge in [0.25, 0.3) is 5.91 Å². The van der Waals surface area contributed by atoms with E-state index in [0.29, 0.717) is 17.1 Å². The van der Waals surface area contributed by atoms with E-state index in [1.807, 2.05) is 4.90 Å². The minimum Gasteiger partial charge on any atom is -0.457 e. The van der Waals surface area contributed by atoms with Gasteiger partial charge < -0.3 is 15.0 Å². The molecule has 1 N–H and O–H groups in total. The van der Waals surface area contributed by atoms with Crippen molar-refractivity contribution >= 4 is 5.91 Å². The quantitative estimate of drug-likeness (QED) is 0.947. The summed E-state index contributed by atoms with van der Waals surface area (Å²) in [6.45, 7) is 3.29. The Bertz CT molecular complexity index is 648. The van der Waals surface area contributed by atoms with Gasteiger partial charge in [-0.25, -0.2) is 4.39 Å². The Hall–Kier alpha value is -2.40. The summed E-state index contributed by atoms with van der Waals surface area (Å²) in [5.41, 5.74) is 0.651. The first kappa shape index (κ1) is 15.5. The summed E-state index contributed by atoms with van der Waals surface area (Å²) in [5.74, 6) is 0.919. The second kappa shape index (κ2) is 7.24. The van der Waals surface area contributed by atoms with Crippen molar-refractivity contribution in [3.8, 4) is 11.5 Å². The van der Waals surface area contributed by atoms with Crippen molar-refractivity contribution < 1.29 is 13.9 Å². The fourth-order valence-corrected chi connectivity index (χ4v) is 2.54. The highest BCUT2D eigenvalue weighted by Gasteiger charge is 2.16. The van der Waals surface area contributed by atoms with Crippen molar-refractivity contribution in [3.05, 3.63) is 59.9 Å². The van der Waals surface area contributed by atoms with Gasteiger partial charge in [0.1, 0.15) is 17.3 Å². The zero-order chi connectivity index (χ0) is 16.1. The molecule has 1 fully saturated rings. The molecule has 120 valence electrons. The van der Waals surface area contributed by atoms with Gasteiger partial charge in [0.2, 0.25) is 0 Å². The predicted octanol–water partition coefficient (Wildman–Crippen LogP) is 3.05. The summed E-state index contributed by atoms with van der Waals surface area (Å²) in [6.07, 6.45) is 0.970. The second-order valence-electron chi connectivity index (χ2n) is 5.48. The van der Waals surface area contributed by atoms with Crippen LogP contribution >= 0.6 is 0 Å². The van der Waals surface area contributed by atoms with Gasteiger partial charge in [0.05, 0.1) is 0 Å². The van der Waals surface area contributed by atoms with Gasteiger partial charge in [-0.3, -0.25) is 4.79 Å². The van der Waals surface area contributed by atoms with Crippen LogP contribution in [0.3, 0.4) is 0 Å². The summed E-state index contributed by atoms with van der Waals surface area (Å²) >= 11 is 0. The molecule has 1 amide bonds. The zero-order valence-electron chi connectivity index (χ0n) is 12.8. The van der Waals surface area contributed by atoms with E-state index in [0.717, 1.165) is 32.6 Å². The van der Waals surface area contributed by atoms with Crippen LogP contribution in [0.1, 0.15) is 16.8 Å². The summed E-state index contributed by atoms with van der Waals surface area (Å²) in [5, 5.41) is 3.28. The molecule has 0 unspecified atom stereocenters. The van der Waals surface area contributed by atoms with Gasteiger partial charge in [0, 0.05) is 25.2 Å². The maximum absolute atomic E-state index is 12.9. The van der Waals surface area contributed by atoms with Crippen LogP contribution in [-0.2, 0) is 0 Å². The predicted molar refractivity (Wildman–Crippen MR) is 86.3 cm³/mol. The molecule has 0 spiro atoms. The van der Waals surface area contributed by atoms with E-state index in [1.165, 1.54) is 12.1 Å². The minimum atomic E-state index is -0.301. The van der Waals surface area contributed by atoms with E-state index in [1.54, 1.807) is 36.4 Å². The summed E-state index contributed by atoms with van der Waals surface area (Å²) in [7, 11) is 0. The molecule has 1 aliphatic rings. The van der Waals surface area contributed by atoms with Crippen LogP contribution in [0.25, 0.3) is 0 Å². The molecule has 1 heterocycles. The largest absolute Gasteiger partial charge is 0.457 e. The fourth-order valence-electron chi connectivity index (χ4n) is 2.54. The number of benzene rings is 2. The Kier molecular flexibility index (Phi) is 4.88. The third kappa shape index (κ3) is 4.07. The molecule has 1 aliphatic heterocycles. The van der Waals surface area contributed by atoms with E-state index in [9.17, 15) is 9.18 Å². The highest BCUT2D eigenvalue weighted by atomic mass is 19.1. The van der Waals surface area contributed by atoms with Crippen LogP contribution in [0.15, 0.2) is 48.5 Å². The van der Waals surface area contributed by atoms with Crippen molar-refractivity contribution in [1.29, 1.82) is 0 Å². The molecule has 0 radical (unpaired) electrons. The number of hydrogen-bond donors (Lipinski definition) is 1. The molecule has 0 atom stereocenters. The molecule has 0 aromatic heterocycles. The number of amides is 1. The number of nitrogens with zero attached hydrogens (tertiary/aromatic N) is 1. The fraction of sp³-hybridized carbons (Fsp3) is 0.278. The molecule has 4 nitrogen and oxygen atoms in total. The highest BCUT2D eigenvalue weighted by Crippen LogP contribution is 2.22. The number of carbonyl (C=O) groups excluding carboxylic acids is 1. The number of halogens is 1. The molecular formula is C18H19FN2O2. The number of rotatable bonds is 3. The van der Waals surface area contributed by atoms with Crippen LogP contribution < -0.4 is 10.1 Å². The number of hydrogen-bond acceptors (Lipinski definition) is 3. The first-order valence-corrected chi connectivity index (χ1v) is 7.76. The first-order chi connectivity index (χ1) is 11.2. The third-order valence-corrected chi connectivity index (χ3v) is 3.78. The normalized spacial score (nSPS) is 15.1. The molecule has 0 bridgehead atoms. The van der Waals surface area contributed by atoms with Crippen molar-refractivity contribution in [2.45, 2.75) is 6.42 Å². The first-order valence-electron chi connectivity index (χ1n) is 7.76. The SMILES string of the molecule is O=C(c1ccc(Oc2ccc(F)cc2)cc1)N1CCCNCC1. The van der Waals surface area contributed by atoms with Crippen molar-refractivity contribution in [2.75, 3.05) is 26.2 Å². The Balaban J connectivity index is 1.66. The van der Waals surface area contributed by atoms with E-state index in [4.69, 9.17) is 4.74 Å². The maximum Gasteiger partial charge on any atom is 0.253 e. The van der Waals surface area contributed by atoms with E-state index < -0.39 is 0 Å². The lowest BCUT2D eigenvalue weighted by molar-refractivity contribution is 0.0766. The Morgan fingerprint density at radius 3 is 2.30 bits per heavy atom. The molecular weight excluding hydrogens is 295 g/mol. The van der Waals surface area contributed by atoms with Gasteiger partial charge in [-0.2, -0.15) is 0 Å². The Morgan fingerprint density at radius 2 is 1.61 bits per heavy atom. The molecule has 0 aliphatic carbocycles. The lowest BCUT2D eigenvalue weighted by atomic mass is 10.2. The number of nitrogens with one attached hydrogen (secondary N) is 1. The van der Waals surface area contributed by atoms with Crippen molar-refractivity contribution in [1.82, 2.24) is 10.2 Å². The van der Waals surface area contributed by atoms with Crippen molar-refractivity contribution in [3.63, 3.8) is 0 Å². The van der Waals surface area contributed by atoms with E-state index in [2.05, 4.69) is 5.32 Å². The zero-order valence-corrected chi connectivity index (χ0v) is 12.8. The topological polar surface area (TPSA) is 41.6 Å². The molecule has 2 aromatic carbocycles. The minimum absolute atomic E-state index is 0.0435. The third-order valence-electron chi connectivity index (χ3n) is 3.78. The molecule has 2 aromatic rings. The van der Waals surface area contributed by atoms with Crippen molar-refractivity contribution in [2.24, 2.45) is 0 Å². The Labute approximate surface area is 134 Å². The van der Waals surface area contributed by atoms with E-state index >= 15 is 0 Å². The van der Waals surface area contributed by atoms with E-state index in [-0.39, 0.29) is 11.7 Å². The molecule has 1 saturated heterocycles. The summed E-state index contributed by atoms with van der Waals surface area (Å²) < 4.78 is 18.5. The van der Waals surface area contributed by atoms with Gasteiger partial charge in [-0.15, -0.1) is 0 Å². The highest BCUT2D eigenvalue weighted by molar-refractivity contribution is 5.94. The average molecular weight is 314 g/mol. The number of carbonyl (C=O) groups is 1. The molecule has 5 heteroatoms. The lowest BCUT2D eigenvalue weighted by Crippen LogP contribution is -2.34. The van der Waals surface area contributed by atoms with Crippen LogP contribution in [0.2, 0.25) is 0 Å².